The van der Waals surface area contributed by atoms with Gasteiger partial charge in [-0.25, -0.2) is 0 Å². The molecule has 0 amide bonds. The van der Waals surface area contributed by atoms with E-state index in [4.69, 9.17) is 17.0 Å². The van der Waals surface area contributed by atoms with E-state index in [-0.39, 0.29) is 6.10 Å². The molecule has 0 aliphatic carbocycles. The lowest BCUT2D eigenvalue weighted by atomic mass is 10.2. The zero-order chi connectivity index (χ0) is 12.6. The molecule has 18 heavy (non-hydrogen) atoms. The zero-order valence-electron chi connectivity index (χ0n) is 10.0. The van der Waals surface area contributed by atoms with Crippen molar-refractivity contribution in [2.75, 3.05) is 13.2 Å². The molecule has 5 nitrogen and oxygen atoms in total. The monoisotopic (exact) mass is 264 g/mol. The number of nitrogens with zero attached hydrogens (tertiary/aromatic N) is 2. The topological polar surface area (TPSA) is 58.5 Å². The molecule has 1 atom stereocenters. The van der Waals surface area contributed by atoms with Gasteiger partial charge < -0.3 is 10.1 Å². The van der Waals surface area contributed by atoms with E-state index >= 15 is 0 Å². The maximum absolute atomic E-state index is 5.48. The predicted molar refractivity (Wildman–Crippen MR) is 74.5 cm³/mol. The van der Waals surface area contributed by atoms with Crippen LogP contribution in [0.4, 0.5) is 0 Å². The Hall–Kier alpha value is -1.53. The Bertz CT molecular complexity index is 404. The minimum absolute atomic E-state index is 0.272. The summed E-state index contributed by atoms with van der Waals surface area (Å²) in [7, 11) is 0. The summed E-state index contributed by atoms with van der Waals surface area (Å²) in [5.74, 6) is 0. The van der Waals surface area contributed by atoms with Crippen LogP contribution in [0, 0.1) is 0 Å². The lowest BCUT2D eigenvalue weighted by Gasteiger charge is -2.11. The van der Waals surface area contributed by atoms with Crippen LogP contribution >= 0.6 is 12.2 Å². The second kappa shape index (κ2) is 7.03. The first kappa shape index (κ1) is 12.9. The van der Waals surface area contributed by atoms with Gasteiger partial charge in [0.05, 0.1) is 12.3 Å². The van der Waals surface area contributed by atoms with Crippen LogP contribution in [0.15, 0.2) is 29.6 Å². The molecule has 1 aliphatic rings. The average Bonchev–Trinajstić information content (AvgIpc) is 2.91. The van der Waals surface area contributed by atoms with Crippen LogP contribution in [0.3, 0.4) is 0 Å². The van der Waals surface area contributed by atoms with Gasteiger partial charge in [0.1, 0.15) is 0 Å². The maximum Gasteiger partial charge on any atom is 0.187 e. The first-order valence-corrected chi connectivity index (χ1v) is 6.34. The molecule has 0 bridgehead atoms. The number of aromatic nitrogens is 1. The number of hydrogen-bond acceptors (Lipinski definition) is 4. The molecule has 0 aromatic carbocycles. The van der Waals surface area contributed by atoms with Crippen LogP contribution in [-0.2, 0) is 4.74 Å². The summed E-state index contributed by atoms with van der Waals surface area (Å²) in [6.07, 6.45) is 7.63. The highest BCUT2D eigenvalue weighted by Crippen LogP contribution is 2.10. The predicted octanol–water partition coefficient (Wildman–Crippen LogP) is 1.06. The van der Waals surface area contributed by atoms with Gasteiger partial charge in [-0.3, -0.25) is 10.4 Å². The molecule has 2 N–H and O–H groups in total. The molecule has 1 aromatic rings. The van der Waals surface area contributed by atoms with Crippen molar-refractivity contribution in [2.24, 2.45) is 5.10 Å². The second-order valence-electron chi connectivity index (χ2n) is 4.00. The Labute approximate surface area is 112 Å². The zero-order valence-corrected chi connectivity index (χ0v) is 10.8. The largest absolute Gasteiger partial charge is 0.376 e. The van der Waals surface area contributed by atoms with Crippen molar-refractivity contribution < 1.29 is 4.74 Å². The van der Waals surface area contributed by atoms with Crippen molar-refractivity contribution in [1.29, 1.82) is 0 Å². The summed E-state index contributed by atoms with van der Waals surface area (Å²) < 4.78 is 5.48. The van der Waals surface area contributed by atoms with Crippen molar-refractivity contribution in [3.63, 3.8) is 0 Å². The van der Waals surface area contributed by atoms with Gasteiger partial charge in [0.2, 0.25) is 0 Å². The molecule has 0 radical (unpaired) electrons. The number of nitrogens with one attached hydrogen (secondary N) is 2. The molecule has 0 unspecified atom stereocenters. The van der Waals surface area contributed by atoms with E-state index in [9.17, 15) is 0 Å². The van der Waals surface area contributed by atoms with Gasteiger partial charge in [-0.05, 0) is 42.8 Å². The van der Waals surface area contributed by atoms with E-state index in [1.807, 2.05) is 12.1 Å². The molecule has 2 heterocycles. The molecule has 96 valence electrons. The Morgan fingerprint density at radius 3 is 3.11 bits per heavy atom. The van der Waals surface area contributed by atoms with Crippen LogP contribution in [-0.4, -0.2) is 35.6 Å². The normalized spacial score (nSPS) is 19.0. The lowest BCUT2D eigenvalue weighted by Crippen LogP contribution is -2.37. The molecule has 1 aromatic heterocycles. The Morgan fingerprint density at radius 2 is 2.39 bits per heavy atom. The minimum atomic E-state index is 0.272. The van der Waals surface area contributed by atoms with E-state index in [0.717, 1.165) is 31.6 Å². The Morgan fingerprint density at radius 1 is 1.56 bits per heavy atom. The average molecular weight is 264 g/mol. The Kier molecular flexibility index (Phi) is 5.04. The molecule has 1 fully saturated rings. The maximum atomic E-state index is 5.48. The van der Waals surface area contributed by atoms with E-state index in [0.29, 0.717) is 5.11 Å². The molecule has 6 heteroatoms. The molecular formula is C12H16N4OS. The third kappa shape index (κ3) is 4.38. The highest BCUT2D eigenvalue weighted by molar-refractivity contribution is 7.80. The number of hydrogen-bond donors (Lipinski definition) is 2. The van der Waals surface area contributed by atoms with Gasteiger partial charge in [-0.2, -0.15) is 5.10 Å². The SMILES string of the molecule is S=C(NC[C@@H]1CCCO1)N/N=C\c1ccncc1. The standard InChI is InChI=1S/C12H16N4OS/c18-12(14-9-11-2-1-7-17-11)16-15-8-10-3-5-13-6-4-10/h3-6,8,11H,1-2,7,9H2,(H2,14,16,18)/b15-8-/t11-/m0/s1. The van der Waals surface area contributed by atoms with Crippen molar-refractivity contribution in [3.05, 3.63) is 30.1 Å². The number of hydrazone groups is 1. The van der Waals surface area contributed by atoms with Crippen molar-refractivity contribution in [2.45, 2.75) is 18.9 Å². The molecule has 0 saturated carbocycles. The summed E-state index contributed by atoms with van der Waals surface area (Å²) in [6.45, 7) is 1.59. The van der Waals surface area contributed by atoms with Gasteiger partial charge >= 0.3 is 0 Å². The van der Waals surface area contributed by atoms with Crippen LogP contribution in [0.1, 0.15) is 18.4 Å². The van der Waals surface area contributed by atoms with Crippen LogP contribution in [0.5, 0.6) is 0 Å². The van der Waals surface area contributed by atoms with Gasteiger partial charge in [0.25, 0.3) is 0 Å². The highest BCUT2D eigenvalue weighted by Gasteiger charge is 2.14. The fourth-order valence-corrected chi connectivity index (χ4v) is 1.80. The number of thiocarbonyl (C=S) groups is 1. The van der Waals surface area contributed by atoms with Crippen molar-refractivity contribution in [1.82, 2.24) is 15.7 Å². The van der Waals surface area contributed by atoms with Crippen LogP contribution in [0.2, 0.25) is 0 Å². The fraction of sp³-hybridized carbons (Fsp3) is 0.417. The number of ether oxygens (including phenoxy) is 1. The molecule has 1 aliphatic heterocycles. The summed E-state index contributed by atoms with van der Waals surface area (Å²) in [5.41, 5.74) is 3.74. The number of rotatable bonds is 4. The van der Waals surface area contributed by atoms with Crippen LogP contribution < -0.4 is 10.7 Å². The van der Waals surface area contributed by atoms with Crippen molar-refractivity contribution >= 4 is 23.5 Å². The first-order chi connectivity index (χ1) is 8.84. The van der Waals surface area contributed by atoms with Crippen LogP contribution in [0.25, 0.3) is 0 Å². The van der Waals surface area contributed by atoms with Crippen molar-refractivity contribution in [3.8, 4) is 0 Å². The van der Waals surface area contributed by atoms with Gasteiger partial charge in [-0.1, -0.05) is 0 Å². The summed E-state index contributed by atoms with van der Waals surface area (Å²) in [6, 6.07) is 3.74. The van der Waals surface area contributed by atoms with E-state index in [1.165, 1.54) is 0 Å². The van der Waals surface area contributed by atoms with Gasteiger partial charge in [-0.15, -0.1) is 0 Å². The molecule has 1 saturated heterocycles. The van der Waals surface area contributed by atoms with Gasteiger partial charge in [0, 0.05) is 25.5 Å². The smallest absolute Gasteiger partial charge is 0.187 e. The van der Waals surface area contributed by atoms with E-state index in [2.05, 4.69) is 20.8 Å². The van der Waals surface area contributed by atoms with Gasteiger partial charge in [0.15, 0.2) is 5.11 Å². The fourth-order valence-electron chi connectivity index (χ4n) is 1.67. The summed E-state index contributed by atoms with van der Waals surface area (Å²) in [5, 5.41) is 7.63. The highest BCUT2D eigenvalue weighted by atomic mass is 32.1. The van der Waals surface area contributed by atoms with E-state index < -0.39 is 0 Å². The summed E-state index contributed by atoms with van der Waals surface area (Å²) in [4.78, 5) is 3.93. The first-order valence-electron chi connectivity index (χ1n) is 5.93. The quantitative estimate of drug-likeness (QED) is 0.484. The second-order valence-corrected chi connectivity index (χ2v) is 4.40. The Balaban J connectivity index is 1.66. The molecular weight excluding hydrogens is 248 g/mol. The lowest BCUT2D eigenvalue weighted by molar-refractivity contribution is 0.114. The third-order valence-corrected chi connectivity index (χ3v) is 2.84. The molecule has 2 rings (SSSR count). The minimum Gasteiger partial charge on any atom is -0.376 e. The third-order valence-electron chi connectivity index (χ3n) is 2.60. The number of pyridine rings is 1. The van der Waals surface area contributed by atoms with E-state index in [1.54, 1.807) is 18.6 Å². The summed E-state index contributed by atoms with van der Waals surface area (Å²) >= 11 is 5.10. The molecule has 0 spiro atoms.